The molecule has 2 aromatic carbocycles. The first kappa shape index (κ1) is 23.0. The molecule has 10 heteroatoms. The van der Waals surface area contributed by atoms with Crippen LogP contribution in [-0.4, -0.2) is 33.0 Å². The predicted octanol–water partition coefficient (Wildman–Crippen LogP) is 3.55. The molecule has 0 spiro atoms. The molecule has 31 heavy (non-hydrogen) atoms. The van der Waals surface area contributed by atoms with E-state index in [1.807, 2.05) is 13.0 Å². The highest BCUT2D eigenvalue weighted by atomic mass is 35.5. The second-order valence-electron chi connectivity index (χ2n) is 6.59. The summed E-state index contributed by atoms with van der Waals surface area (Å²) in [6.07, 6.45) is 0.777. The van der Waals surface area contributed by atoms with Crippen LogP contribution >= 0.6 is 11.6 Å². The van der Waals surface area contributed by atoms with Gasteiger partial charge in [0, 0.05) is 24.1 Å². The molecular formula is C21H20ClNO7S. The molecule has 8 nitrogen and oxygen atoms in total. The summed E-state index contributed by atoms with van der Waals surface area (Å²) in [6, 6.07) is 10.5. The van der Waals surface area contributed by atoms with Crippen molar-refractivity contribution in [2.75, 3.05) is 14.2 Å². The van der Waals surface area contributed by atoms with Crippen molar-refractivity contribution in [1.29, 1.82) is 0 Å². The van der Waals surface area contributed by atoms with E-state index in [-0.39, 0.29) is 22.1 Å². The van der Waals surface area contributed by atoms with Crippen LogP contribution in [0.3, 0.4) is 0 Å². The fourth-order valence-corrected chi connectivity index (χ4v) is 4.38. The molecule has 0 aliphatic carbocycles. The lowest BCUT2D eigenvalue weighted by atomic mass is 10.1. The van der Waals surface area contributed by atoms with Crippen LogP contribution in [0.4, 0.5) is 0 Å². The number of ether oxygens (including phenoxy) is 1. The van der Waals surface area contributed by atoms with Gasteiger partial charge in [0.15, 0.2) is 0 Å². The summed E-state index contributed by atoms with van der Waals surface area (Å²) >= 11 is 6.01. The Hall–Kier alpha value is -2.72. The van der Waals surface area contributed by atoms with Crippen LogP contribution in [0.2, 0.25) is 5.02 Å². The standard InChI is InChI=1S/C21H20ClNO7S/c1-4-13-5-7-16-15(11-20(24)30-18(16)9-13)12-29-21(25)14-6-8-17(22)19(10-14)31(26,27)23(2)28-3/h5-11H,4,12H2,1-3H3. The van der Waals surface area contributed by atoms with Crippen molar-refractivity contribution in [3.63, 3.8) is 0 Å². The van der Waals surface area contributed by atoms with Gasteiger partial charge >= 0.3 is 11.6 Å². The van der Waals surface area contributed by atoms with E-state index in [1.54, 1.807) is 12.1 Å². The van der Waals surface area contributed by atoms with Crippen molar-refractivity contribution in [3.8, 4) is 0 Å². The van der Waals surface area contributed by atoms with Crippen molar-refractivity contribution >= 4 is 38.6 Å². The van der Waals surface area contributed by atoms with Crippen LogP contribution in [-0.2, 0) is 32.6 Å². The topological polar surface area (TPSA) is 103 Å². The maximum Gasteiger partial charge on any atom is 0.338 e. The molecule has 1 heterocycles. The maximum absolute atomic E-state index is 12.6. The quantitative estimate of drug-likeness (QED) is 0.298. The minimum Gasteiger partial charge on any atom is -0.457 e. The summed E-state index contributed by atoms with van der Waals surface area (Å²) < 4.78 is 36.2. The van der Waals surface area contributed by atoms with Gasteiger partial charge in [-0.1, -0.05) is 35.1 Å². The third-order valence-corrected chi connectivity index (χ3v) is 6.86. The number of fused-ring (bicyclic) bond motifs is 1. The van der Waals surface area contributed by atoms with Gasteiger partial charge in [0.05, 0.1) is 17.7 Å². The second-order valence-corrected chi connectivity index (χ2v) is 8.90. The Kier molecular flexibility index (Phi) is 6.80. The average Bonchev–Trinajstić information content (AvgIpc) is 2.75. The van der Waals surface area contributed by atoms with Crippen molar-refractivity contribution in [2.24, 2.45) is 0 Å². The van der Waals surface area contributed by atoms with E-state index in [4.69, 9.17) is 25.6 Å². The number of carbonyl (C=O) groups is 1. The Morgan fingerprint density at radius 1 is 1.16 bits per heavy atom. The number of aryl methyl sites for hydroxylation is 1. The van der Waals surface area contributed by atoms with Crippen molar-refractivity contribution in [2.45, 2.75) is 24.8 Å². The third-order valence-electron chi connectivity index (χ3n) is 4.70. The number of hydroxylamine groups is 1. The number of benzene rings is 2. The maximum atomic E-state index is 12.6. The van der Waals surface area contributed by atoms with E-state index >= 15 is 0 Å². The molecule has 0 saturated carbocycles. The Morgan fingerprint density at radius 2 is 1.90 bits per heavy atom. The van der Waals surface area contributed by atoms with Gasteiger partial charge < -0.3 is 9.15 Å². The zero-order valence-electron chi connectivity index (χ0n) is 17.0. The molecule has 0 bridgehead atoms. The summed E-state index contributed by atoms with van der Waals surface area (Å²) in [6.45, 7) is 1.78. The molecule has 0 fully saturated rings. The zero-order chi connectivity index (χ0) is 22.8. The van der Waals surface area contributed by atoms with E-state index in [9.17, 15) is 18.0 Å². The summed E-state index contributed by atoms with van der Waals surface area (Å²) in [5.74, 6) is -0.778. The van der Waals surface area contributed by atoms with Gasteiger partial charge in [0.2, 0.25) is 0 Å². The number of halogens is 1. The fraction of sp³-hybridized carbons (Fsp3) is 0.238. The van der Waals surface area contributed by atoms with E-state index in [2.05, 4.69) is 0 Å². The molecule has 0 radical (unpaired) electrons. The average molecular weight is 466 g/mol. The first-order valence-electron chi connectivity index (χ1n) is 9.22. The predicted molar refractivity (Wildman–Crippen MR) is 114 cm³/mol. The lowest BCUT2D eigenvalue weighted by Gasteiger charge is -2.15. The molecule has 164 valence electrons. The van der Waals surface area contributed by atoms with Gasteiger partial charge in [0.1, 0.15) is 17.1 Å². The van der Waals surface area contributed by atoms with Gasteiger partial charge in [-0.3, -0.25) is 4.84 Å². The van der Waals surface area contributed by atoms with Crippen molar-refractivity contribution < 1.29 is 27.2 Å². The van der Waals surface area contributed by atoms with E-state index in [0.29, 0.717) is 21.0 Å². The zero-order valence-corrected chi connectivity index (χ0v) is 18.6. The highest BCUT2D eigenvalue weighted by molar-refractivity contribution is 7.89. The lowest BCUT2D eigenvalue weighted by molar-refractivity contribution is -0.0258. The van der Waals surface area contributed by atoms with E-state index < -0.39 is 21.6 Å². The Bertz CT molecular complexity index is 1300. The normalized spacial score (nSPS) is 11.8. The summed E-state index contributed by atoms with van der Waals surface area (Å²) in [7, 11) is -1.68. The SMILES string of the molecule is CCc1ccc2c(COC(=O)c3ccc(Cl)c(S(=O)(=O)N(C)OC)c3)cc(=O)oc2c1. The molecule has 0 aliphatic heterocycles. The molecule has 0 N–H and O–H groups in total. The number of nitrogens with zero attached hydrogens (tertiary/aromatic N) is 1. The number of esters is 1. The van der Waals surface area contributed by atoms with Crippen LogP contribution in [0, 0.1) is 0 Å². The Morgan fingerprint density at radius 3 is 2.58 bits per heavy atom. The number of sulfonamides is 1. The second kappa shape index (κ2) is 9.19. The molecule has 1 aromatic heterocycles. The molecule has 3 rings (SSSR count). The first-order chi connectivity index (χ1) is 14.7. The Labute approximate surface area is 183 Å². The molecular weight excluding hydrogens is 446 g/mol. The number of rotatable bonds is 7. The fourth-order valence-electron chi connectivity index (χ4n) is 2.90. The van der Waals surface area contributed by atoms with Crippen LogP contribution in [0.1, 0.15) is 28.4 Å². The first-order valence-corrected chi connectivity index (χ1v) is 11.0. The molecule has 0 aliphatic rings. The molecule has 0 amide bonds. The largest absolute Gasteiger partial charge is 0.457 e. The van der Waals surface area contributed by atoms with Gasteiger partial charge in [-0.15, -0.1) is 0 Å². The van der Waals surface area contributed by atoms with Crippen molar-refractivity contribution in [1.82, 2.24) is 4.47 Å². The highest BCUT2D eigenvalue weighted by Gasteiger charge is 2.25. The summed E-state index contributed by atoms with van der Waals surface area (Å²) in [5, 5.41) is 0.574. The third kappa shape index (κ3) is 4.80. The number of hydrogen-bond acceptors (Lipinski definition) is 7. The lowest BCUT2D eigenvalue weighted by Crippen LogP contribution is -2.26. The summed E-state index contributed by atoms with van der Waals surface area (Å²) in [4.78, 5) is 28.9. The molecule has 0 saturated heterocycles. The number of hydrogen-bond donors (Lipinski definition) is 0. The number of carbonyl (C=O) groups excluding carboxylic acids is 1. The Balaban J connectivity index is 1.88. The minimum atomic E-state index is -4.07. The van der Waals surface area contributed by atoms with Gasteiger partial charge in [-0.05, 0) is 36.2 Å². The monoisotopic (exact) mass is 465 g/mol. The summed E-state index contributed by atoms with van der Waals surface area (Å²) in [5.41, 5.74) is 1.30. The van der Waals surface area contributed by atoms with Crippen molar-refractivity contribution in [3.05, 3.63) is 74.6 Å². The molecule has 0 atom stereocenters. The smallest absolute Gasteiger partial charge is 0.338 e. The van der Waals surface area contributed by atoms with Gasteiger partial charge in [-0.25, -0.2) is 18.0 Å². The van der Waals surface area contributed by atoms with Crippen LogP contribution in [0.25, 0.3) is 11.0 Å². The minimum absolute atomic E-state index is 0.0204. The van der Waals surface area contributed by atoms with Crippen LogP contribution in [0.5, 0.6) is 0 Å². The van der Waals surface area contributed by atoms with Gasteiger partial charge in [-0.2, -0.15) is 0 Å². The van der Waals surface area contributed by atoms with E-state index in [1.165, 1.54) is 32.4 Å². The molecule has 0 unspecified atom stereocenters. The van der Waals surface area contributed by atoms with Gasteiger partial charge in [0.25, 0.3) is 10.0 Å². The van der Waals surface area contributed by atoms with E-state index in [0.717, 1.165) is 18.1 Å². The highest BCUT2D eigenvalue weighted by Crippen LogP contribution is 2.26. The van der Waals surface area contributed by atoms with Crippen LogP contribution in [0.15, 0.2) is 56.6 Å². The van der Waals surface area contributed by atoms with Crippen LogP contribution < -0.4 is 5.63 Å². The molecule has 3 aromatic rings.